The fraction of sp³-hybridized carbons (Fsp3) is 0.357. The third-order valence-electron chi connectivity index (χ3n) is 10.6. The minimum Gasteiger partial charge on any atom is -0.489 e. The van der Waals surface area contributed by atoms with Gasteiger partial charge in [0, 0.05) is 36.4 Å². The maximum Gasteiger partial charge on any atom is 0.387 e. The van der Waals surface area contributed by atoms with Gasteiger partial charge in [-0.1, -0.05) is 41.4 Å². The third kappa shape index (κ3) is 8.88. The van der Waals surface area contributed by atoms with Gasteiger partial charge in [0.2, 0.25) is 0 Å². The van der Waals surface area contributed by atoms with Gasteiger partial charge >= 0.3 is 18.6 Å². The van der Waals surface area contributed by atoms with Gasteiger partial charge in [-0.25, -0.2) is 9.59 Å². The number of benzene rings is 3. The summed E-state index contributed by atoms with van der Waals surface area (Å²) >= 11 is 13.0. The van der Waals surface area contributed by atoms with Crippen LogP contribution in [-0.2, 0) is 20.7 Å². The van der Waals surface area contributed by atoms with Crippen LogP contribution in [0.1, 0.15) is 64.9 Å². The molecule has 3 aliphatic heterocycles. The van der Waals surface area contributed by atoms with Crippen molar-refractivity contribution in [3.05, 3.63) is 118 Å². The molecule has 1 unspecified atom stereocenters. The number of nitrogens with one attached hydrogen (secondary N) is 1. The fourth-order valence-electron chi connectivity index (χ4n) is 7.37. The number of pyridine rings is 1. The van der Waals surface area contributed by atoms with Crippen molar-refractivity contribution in [1.29, 1.82) is 0 Å². The lowest BCUT2D eigenvalue weighted by Gasteiger charge is -2.44. The summed E-state index contributed by atoms with van der Waals surface area (Å²) in [6.07, 6.45) is 7.24. The Morgan fingerprint density at radius 1 is 0.929 bits per heavy atom. The van der Waals surface area contributed by atoms with E-state index in [1.807, 2.05) is 24.3 Å². The number of halogens is 4. The number of rotatable bonds is 15. The second kappa shape index (κ2) is 16.7. The summed E-state index contributed by atoms with van der Waals surface area (Å²) in [5.74, 6) is -0.514. The number of fused-ring (bicyclic) bond motifs is 4. The molecule has 4 fully saturated rings. The highest BCUT2D eigenvalue weighted by Crippen LogP contribution is 2.39. The summed E-state index contributed by atoms with van der Waals surface area (Å²) < 4.78 is 55.2. The molecule has 10 nitrogen and oxygen atoms in total. The van der Waals surface area contributed by atoms with Crippen molar-refractivity contribution < 1.29 is 41.7 Å². The van der Waals surface area contributed by atoms with E-state index in [-0.39, 0.29) is 39.6 Å². The molecule has 4 aliphatic rings. The maximum atomic E-state index is 14.0. The van der Waals surface area contributed by atoms with E-state index in [1.54, 1.807) is 30.5 Å². The molecule has 14 heteroatoms. The summed E-state index contributed by atoms with van der Waals surface area (Å²) in [4.78, 5) is 34.4. The van der Waals surface area contributed by atoms with E-state index >= 15 is 0 Å². The molecule has 3 aromatic carbocycles. The number of carbonyl (C=O) groups excluding carboxylic acids is 2. The second-order valence-corrected chi connectivity index (χ2v) is 15.3. The first-order valence-corrected chi connectivity index (χ1v) is 19.4. The summed E-state index contributed by atoms with van der Waals surface area (Å²) in [7, 11) is 0. The summed E-state index contributed by atoms with van der Waals surface area (Å²) in [6, 6.07) is 17.5. The van der Waals surface area contributed by atoms with Gasteiger partial charge in [0.25, 0.3) is 0 Å². The Balaban J connectivity index is 1.06. The molecule has 292 valence electrons. The Morgan fingerprint density at radius 2 is 1.71 bits per heavy atom. The number of hydrogen-bond donors (Lipinski definition) is 1. The molecule has 2 aromatic heterocycles. The molecule has 1 saturated carbocycles. The molecule has 2 bridgehead atoms. The third-order valence-corrected chi connectivity index (χ3v) is 11.3. The van der Waals surface area contributed by atoms with E-state index in [0.29, 0.717) is 52.9 Å². The fourth-order valence-corrected chi connectivity index (χ4v) is 7.89. The largest absolute Gasteiger partial charge is 0.489 e. The number of aromatic nitrogens is 1. The van der Waals surface area contributed by atoms with Gasteiger partial charge in [-0.05, 0) is 116 Å². The maximum absolute atomic E-state index is 14.0. The van der Waals surface area contributed by atoms with Crippen LogP contribution in [-0.4, -0.2) is 60.8 Å². The Morgan fingerprint density at radius 3 is 2.45 bits per heavy atom. The lowest BCUT2D eigenvalue weighted by Crippen LogP contribution is -2.52. The summed E-state index contributed by atoms with van der Waals surface area (Å²) in [5.41, 5.74) is 2.93. The highest BCUT2D eigenvalue weighted by molar-refractivity contribution is 6.35. The van der Waals surface area contributed by atoms with Crippen LogP contribution in [0.15, 0.2) is 89.8 Å². The zero-order valence-electron chi connectivity index (χ0n) is 30.2. The van der Waals surface area contributed by atoms with Crippen LogP contribution < -0.4 is 14.8 Å². The van der Waals surface area contributed by atoms with Crippen LogP contribution in [0.25, 0.3) is 11.0 Å². The smallest absolute Gasteiger partial charge is 0.387 e. The zero-order chi connectivity index (χ0) is 38.8. The molecule has 3 saturated heterocycles. The molecule has 56 heavy (non-hydrogen) atoms. The Labute approximate surface area is 332 Å². The lowest BCUT2D eigenvalue weighted by molar-refractivity contribution is -0.159. The van der Waals surface area contributed by atoms with Gasteiger partial charge in [0.1, 0.15) is 17.8 Å². The number of furan rings is 1. The van der Waals surface area contributed by atoms with E-state index in [9.17, 15) is 18.4 Å². The van der Waals surface area contributed by atoms with Crippen LogP contribution in [0, 0.1) is 11.8 Å². The summed E-state index contributed by atoms with van der Waals surface area (Å²) in [5, 5.41) is 4.67. The van der Waals surface area contributed by atoms with Gasteiger partial charge in [0.15, 0.2) is 17.5 Å². The summed E-state index contributed by atoms with van der Waals surface area (Å²) in [6.45, 7) is -0.00343. The number of nitrogens with zero attached hydrogens (tertiary/aromatic N) is 2. The highest BCUT2D eigenvalue weighted by Gasteiger charge is 2.38. The van der Waals surface area contributed by atoms with Crippen molar-refractivity contribution in [2.75, 3.05) is 31.6 Å². The molecule has 0 amide bonds. The van der Waals surface area contributed by atoms with E-state index in [4.69, 9.17) is 46.6 Å². The van der Waals surface area contributed by atoms with Gasteiger partial charge < -0.3 is 28.7 Å². The monoisotopic (exact) mass is 805 g/mol. The molecule has 5 aromatic rings. The number of hydrogen-bond acceptors (Lipinski definition) is 10. The normalized spacial score (nSPS) is 20.1. The molecule has 1 N–H and O–H groups in total. The first kappa shape index (κ1) is 38.0. The highest BCUT2D eigenvalue weighted by atomic mass is 35.5. The molecule has 3 atom stereocenters. The first-order valence-electron chi connectivity index (χ1n) is 18.6. The van der Waals surface area contributed by atoms with Crippen molar-refractivity contribution in [2.45, 2.75) is 57.0 Å². The van der Waals surface area contributed by atoms with Crippen molar-refractivity contribution in [3.63, 3.8) is 0 Å². The van der Waals surface area contributed by atoms with Crippen molar-refractivity contribution in [3.8, 4) is 11.5 Å². The van der Waals surface area contributed by atoms with Crippen molar-refractivity contribution in [2.24, 2.45) is 11.8 Å². The van der Waals surface area contributed by atoms with Crippen LogP contribution in [0.4, 0.5) is 14.5 Å². The molecule has 0 spiro atoms. The lowest BCUT2D eigenvalue weighted by atomic mass is 9.86. The van der Waals surface area contributed by atoms with Gasteiger partial charge in [-0.3, -0.25) is 9.88 Å². The molecule has 1 aliphatic carbocycles. The number of anilines is 1. The van der Waals surface area contributed by atoms with Gasteiger partial charge in [-0.15, -0.1) is 0 Å². The average molecular weight is 807 g/mol. The number of alkyl halides is 2. The standard InChI is InChI=1S/C42H39Cl2F2N3O7/c43-32-20-47-21-33(44)31(32)19-36(26-6-9-35(56-42(45)46)37(18-26)53-23-24-4-5-24)54-40(50)29-2-1-3-30(17-29)48-39(28-7-8-34-27(16-28)12-15-52-34)41(51)55-38-22-49-13-10-25(38)11-14-49/h1-3,6-9,12,15-18,20-21,24-25,36,38-39,42,48H,4-5,10-11,13-14,19,22-23H2/t36-,38-,39?/m0/s1. The predicted octanol–water partition coefficient (Wildman–Crippen LogP) is 9.46. The first-order chi connectivity index (χ1) is 27.2. The minimum atomic E-state index is -3.07. The number of piperidine rings is 3. The second-order valence-electron chi connectivity index (χ2n) is 14.5. The van der Waals surface area contributed by atoms with Crippen LogP contribution in [0.5, 0.6) is 11.5 Å². The molecule has 9 rings (SSSR count). The minimum absolute atomic E-state index is 0.0327. The molecule has 5 heterocycles. The quantitative estimate of drug-likeness (QED) is 0.103. The average Bonchev–Trinajstić information content (AvgIpc) is 3.91. The topological polar surface area (TPSA) is 112 Å². The number of esters is 2. The number of ether oxygens (including phenoxy) is 4. The Hall–Kier alpha value is -4.91. The predicted molar refractivity (Wildman–Crippen MR) is 205 cm³/mol. The Kier molecular flexibility index (Phi) is 11.3. The molecule has 0 radical (unpaired) electrons. The van der Waals surface area contributed by atoms with Crippen LogP contribution >= 0.6 is 23.2 Å². The van der Waals surface area contributed by atoms with E-state index in [2.05, 4.69) is 15.2 Å². The van der Waals surface area contributed by atoms with Gasteiger partial charge in [0.05, 0.1) is 28.5 Å². The van der Waals surface area contributed by atoms with Crippen molar-refractivity contribution >= 4 is 51.8 Å². The number of carbonyl (C=O) groups is 2. The van der Waals surface area contributed by atoms with Gasteiger partial charge in [-0.2, -0.15) is 8.78 Å². The molecular weight excluding hydrogens is 767 g/mol. The van der Waals surface area contributed by atoms with E-state index < -0.39 is 30.7 Å². The zero-order valence-corrected chi connectivity index (χ0v) is 31.7. The van der Waals surface area contributed by atoms with Crippen molar-refractivity contribution in [1.82, 2.24) is 9.88 Å². The van der Waals surface area contributed by atoms with Crippen LogP contribution in [0.3, 0.4) is 0 Å². The van der Waals surface area contributed by atoms with Crippen LogP contribution in [0.2, 0.25) is 10.0 Å². The molecular formula is C42H39Cl2F2N3O7. The van der Waals surface area contributed by atoms with E-state index in [0.717, 1.165) is 44.2 Å². The van der Waals surface area contributed by atoms with E-state index in [1.165, 1.54) is 30.6 Å². The Bertz CT molecular complexity index is 2190. The SMILES string of the molecule is O=C(O[C@@H](Cc1c(Cl)cncc1Cl)c1ccc(OC(F)F)c(OCC2CC2)c1)c1cccc(NC(C(=O)O[C@H]2CN3CCC2CC3)c2ccc3occc3c2)c1.